The first-order valence-electron chi connectivity index (χ1n) is 7.80. The Morgan fingerprint density at radius 2 is 2.04 bits per heavy atom. The van der Waals surface area contributed by atoms with Crippen LogP contribution in [0.15, 0.2) is 35.6 Å². The molecule has 5 heteroatoms. The zero-order valence-electron chi connectivity index (χ0n) is 13.8. The lowest BCUT2D eigenvalue weighted by Gasteiger charge is -1.94. The fourth-order valence-electron chi connectivity index (χ4n) is 2.97. The molecule has 0 radical (unpaired) electrons. The minimum Gasteiger partial charge on any atom is -0.494 e. The van der Waals surface area contributed by atoms with Crippen LogP contribution < -0.4 is 26.0 Å². The number of aromatic amines is 2. The van der Waals surface area contributed by atoms with E-state index in [0.29, 0.717) is 0 Å². The molecule has 24 heavy (non-hydrogen) atoms. The van der Waals surface area contributed by atoms with Crippen LogP contribution in [0.3, 0.4) is 0 Å². The van der Waals surface area contributed by atoms with E-state index >= 15 is 0 Å². The van der Waals surface area contributed by atoms with Gasteiger partial charge in [0, 0.05) is 28.9 Å². The standard InChI is InChI=1S/C19H18N4O/c1-11-6-12(2)21-14(11)8-17-19(24-3)9-16(22-17)15-7-13-4-5-20-10-18(13)23-15/h4-10,21-22H,1-3H3/b16-15?,17-8-. The van der Waals surface area contributed by atoms with Crippen LogP contribution in [0.1, 0.15) is 17.0 Å². The first kappa shape index (κ1) is 14.5. The second kappa shape index (κ2) is 5.53. The van der Waals surface area contributed by atoms with Crippen LogP contribution in [-0.2, 0) is 0 Å². The van der Waals surface area contributed by atoms with Crippen LogP contribution in [0.2, 0.25) is 0 Å². The second-order valence-electron chi connectivity index (χ2n) is 5.93. The molecule has 5 nitrogen and oxygen atoms in total. The number of fused-ring (bicyclic) bond motifs is 1. The molecule has 4 rings (SSSR count). The van der Waals surface area contributed by atoms with Crippen molar-refractivity contribution in [1.82, 2.24) is 15.0 Å². The minimum atomic E-state index is 0.793. The highest BCUT2D eigenvalue weighted by Gasteiger charge is 2.06. The molecule has 1 aliphatic heterocycles. The normalized spacial score (nSPS) is 15.9. The van der Waals surface area contributed by atoms with Gasteiger partial charge in [0.1, 0.15) is 5.75 Å². The average Bonchev–Trinajstić information content (AvgIpc) is 3.24. The molecule has 2 N–H and O–H groups in total. The van der Waals surface area contributed by atoms with E-state index in [4.69, 9.17) is 4.74 Å². The molecule has 1 aliphatic rings. The zero-order valence-corrected chi connectivity index (χ0v) is 13.8. The van der Waals surface area contributed by atoms with Crippen molar-refractivity contribution in [3.05, 3.63) is 68.8 Å². The quantitative estimate of drug-likeness (QED) is 0.719. The Balaban J connectivity index is 1.93. The molecule has 0 aliphatic carbocycles. The van der Waals surface area contributed by atoms with E-state index in [9.17, 15) is 0 Å². The van der Waals surface area contributed by atoms with Gasteiger partial charge < -0.3 is 14.7 Å². The van der Waals surface area contributed by atoms with E-state index in [1.54, 1.807) is 19.5 Å². The Morgan fingerprint density at radius 1 is 1.17 bits per heavy atom. The average molecular weight is 318 g/mol. The number of aryl methyl sites for hydroxylation is 2. The van der Waals surface area contributed by atoms with Crippen molar-refractivity contribution >= 4 is 17.8 Å². The van der Waals surface area contributed by atoms with Gasteiger partial charge in [-0.05, 0) is 43.7 Å². The molecule has 0 unspecified atom stereocenters. The van der Waals surface area contributed by atoms with E-state index in [1.165, 1.54) is 5.56 Å². The fraction of sp³-hybridized carbons (Fsp3) is 0.158. The molecule has 0 fully saturated rings. The smallest absolute Gasteiger partial charge is 0.144 e. The summed E-state index contributed by atoms with van der Waals surface area (Å²) in [5.41, 5.74) is 4.30. The van der Waals surface area contributed by atoms with E-state index in [-0.39, 0.29) is 0 Å². The number of hydrogen-bond acceptors (Lipinski definition) is 3. The van der Waals surface area contributed by atoms with Crippen molar-refractivity contribution in [2.24, 2.45) is 4.99 Å². The SMILES string of the molecule is COc1cc(=C2C=c3ccncc3=N2)[nH]/c1=C\c1[nH]c(C)cc1C. The Hall–Kier alpha value is -3.08. The summed E-state index contributed by atoms with van der Waals surface area (Å²) in [6.45, 7) is 4.14. The number of pyridine rings is 1. The van der Waals surface area contributed by atoms with E-state index in [2.05, 4.69) is 52.0 Å². The lowest BCUT2D eigenvalue weighted by molar-refractivity contribution is 0.412. The van der Waals surface area contributed by atoms with Gasteiger partial charge in [0.25, 0.3) is 0 Å². The summed E-state index contributed by atoms with van der Waals surface area (Å²) in [5.74, 6) is 0.793. The predicted molar refractivity (Wildman–Crippen MR) is 93.3 cm³/mol. The minimum absolute atomic E-state index is 0.793. The van der Waals surface area contributed by atoms with Crippen LogP contribution in [0.5, 0.6) is 5.75 Å². The number of methoxy groups -OCH3 is 1. The van der Waals surface area contributed by atoms with Crippen molar-refractivity contribution in [3.63, 3.8) is 0 Å². The maximum absolute atomic E-state index is 5.52. The number of ether oxygens (including phenoxy) is 1. The lowest BCUT2D eigenvalue weighted by atomic mass is 10.2. The summed E-state index contributed by atoms with van der Waals surface area (Å²) in [4.78, 5) is 15.5. The number of aromatic nitrogens is 3. The second-order valence-corrected chi connectivity index (χ2v) is 5.93. The monoisotopic (exact) mass is 318 g/mol. The van der Waals surface area contributed by atoms with Gasteiger partial charge in [0.2, 0.25) is 0 Å². The molecule has 0 aromatic carbocycles. The van der Waals surface area contributed by atoms with Crippen molar-refractivity contribution in [2.45, 2.75) is 13.8 Å². The van der Waals surface area contributed by atoms with Gasteiger partial charge in [-0.2, -0.15) is 0 Å². The van der Waals surface area contributed by atoms with Crippen molar-refractivity contribution in [2.75, 3.05) is 7.11 Å². The Bertz CT molecular complexity index is 1130. The zero-order chi connectivity index (χ0) is 16.7. The van der Waals surface area contributed by atoms with Crippen molar-refractivity contribution < 1.29 is 4.74 Å². The third-order valence-electron chi connectivity index (χ3n) is 4.15. The fourth-order valence-corrected chi connectivity index (χ4v) is 2.97. The Labute approximate surface area is 138 Å². The summed E-state index contributed by atoms with van der Waals surface area (Å²) in [5, 5.41) is 3.82. The molecule has 3 aromatic heterocycles. The van der Waals surface area contributed by atoms with Crippen LogP contribution in [-0.4, -0.2) is 22.1 Å². The first-order valence-corrected chi connectivity index (χ1v) is 7.80. The molecule has 0 spiro atoms. The van der Waals surface area contributed by atoms with Crippen LogP contribution in [0.4, 0.5) is 0 Å². The molecular weight excluding hydrogens is 300 g/mol. The summed E-state index contributed by atoms with van der Waals surface area (Å²) >= 11 is 0. The molecule has 4 heterocycles. The lowest BCUT2D eigenvalue weighted by Crippen LogP contribution is -2.20. The van der Waals surface area contributed by atoms with Gasteiger partial charge in [0.05, 0.1) is 35.1 Å². The molecule has 120 valence electrons. The van der Waals surface area contributed by atoms with E-state index < -0.39 is 0 Å². The molecule has 0 bridgehead atoms. The van der Waals surface area contributed by atoms with Crippen molar-refractivity contribution in [3.8, 4) is 5.75 Å². The highest BCUT2D eigenvalue weighted by molar-refractivity contribution is 5.76. The molecule has 0 saturated carbocycles. The Morgan fingerprint density at radius 3 is 2.75 bits per heavy atom. The third kappa shape index (κ3) is 2.44. The summed E-state index contributed by atoms with van der Waals surface area (Å²) in [6, 6.07) is 6.07. The number of H-pyrrole nitrogens is 2. The van der Waals surface area contributed by atoms with Crippen LogP contribution in [0, 0.1) is 13.8 Å². The van der Waals surface area contributed by atoms with Crippen LogP contribution in [0.25, 0.3) is 17.8 Å². The summed E-state index contributed by atoms with van der Waals surface area (Å²) in [7, 11) is 1.68. The predicted octanol–water partition coefficient (Wildman–Crippen LogP) is 0.414. The van der Waals surface area contributed by atoms with Gasteiger partial charge in [-0.25, -0.2) is 4.99 Å². The summed E-state index contributed by atoms with van der Waals surface area (Å²) < 4.78 is 5.52. The van der Waals surface area contributed by atoms with Gasteiger partial charge >= 0.3 is 0 Å². The maximum Gasteiger partial charge on any atom is 0.144 e. The number of nitrogens with zero attached hydrogens (tertiary/aromatic N) is 2. The van der Waals surface area contributed by atoms with E-state index in [1.807, 2.05) is 12.1 Å². The molecule has 0 atom stereocenters. The molecule has 3 aromatic rings. The first-order chi connectivity index (χ1) is 11.6. The highest BCUT2D eigenvalue weighted by Crippen LogP contribution is 2.10. The van der Waals surface area contributed by atoms with Crippen molar-refractivity contribution in [1.29, 1.82) is 0 Å². The van der Waals surface area contributed by atoms with Gasteiger partial charge in [-0.1, -0.05) is 0 Å². The largest absolute Gasteiger partial charge is 0.494 e. The highest BCUT2D eigenvalue weighted by atomic mass is 16.5. The van der Waals surface area contributed by atoms with Gasteiger partial charge in [-0.3, -0.25) is 4.98 Å². The topological polar surface area (TPSA) is 66.1 Å². The van der Waals surface area contributed by atoms with Gasteiger partial charge in [-0.15, -0.1) is 0 Å². The molecular formula is C19H18N4O. The number of nitrogens with one attached hydrogen (secondary N) is 2. The van der Waals surface area contributed by atoms with Gasteiger partial charge in [0.15, 0.2) is 0 Å². The number of hydrogen-bond donors (Lipinski definition) is 2. The molecule has 0 amide bonds. The summed E-state index contributed by atoms with van der Waals surface area (Å²) in [6.07, 6.45) is 7.67. The third-order valence-corrected chi connectivity index (χ3v) is 4.15. The van der Waals surface area contributed by atoms with Crippen LogP contribution >= 0.6 is 0 Å². The Kier molecular flexibility index (Phi) is 3.34. The number of rotatable bonds is 2. The van der Waals surface area contributed by atoms with E-state index in [0.717, 1.165) is 44.1 Å². The molecule has 0 saturated heterocycles. The maximum atomic E-state index is 5.52.